The number of hydrogen-bond acceptors (Lipinski definition) is 4. The number of carbonyl (C=O) groups is 1. The van der Waals surface area contributed by atoms with Gasteiger partial charge in [0.25, 0.3) is 0 Å². The molecule has 2 aromatic rings. The van der Waals surface area contributed by atoms with Gasteiger partial charge in [0.2, 0.25) is 5.91 Å². The molecule has 3 N–H and O–H groups in total. The van der Waals surface area contributed by atoms with Crippen LogP contribution in [-0.2, 0) is 4.79 Å². The molecule has 2 unspecified atom stereocenters. The van der Waals surface area contributed by atoms with Crippen LogP contribution >= 0.6 is 22.9 Å². The van der Waals surface area contributed by atoms with Crippen LogP contribution in [0.3, 0.4) is 0 Å². The molecule has 0 aliphatic carbocycles. The molecule has 6 heteroatoms. The second kappa shape index (κ2) is 7.90. The Kier molecular flexibility index (Phi) is 6.16. The number of benzene rings is 1. The summed E-state index contributed by atoms with van der Waals surface area (Å²) in [5.74, 6) is 0.0237. The Labute approximate surface area is 146 Å². The maximum atomic E-state index is 12.0. The summed E-state index contributed by atoms with van der Waals surface area (Å²) in [6.45, 7) is 5.86. The number of rotatable bonds is 6. The third kappa shape index (κ3) is 5.03. The van der Waals surface area contributed by atoms with Crippen LogP contribution in [-0.4, -0.2) is 16.9 Å². The summed E-state index contributed by atoms with van der Waals surface area (Å²) < 4.78 is 0. The number of halogens is 1. The molecule has 4 nitrogen and oxygen atoms in total. The van der Waals surface area contributed by atoms with Crippen molar-refractivity contribution in [3.8, 4) is 10.6 Å². The molecule has 1 aromatic carbocycles. The molecule has 0 bridgehead atoms. The zero-order valence-corrected chi connectivity index (χ0v) is 15.2. The minimum absolute atomic E-state index is 0.0237. The average molecular weight is 352 g/mol. The fourth-order valence-electron chi connectivity index (χ4n) is 2.26. The molecular formula is C17H22ClN3OS. The highest BCUT2D eigenvalue weighted by Gasteiger charge is 2.17. The number of carbonyl (C=O) groups excluding carboxylic acids is 1. The van der Waals surface area contributed by atoms with Crippen LogP contribution in [0.2, 0.25) is 5.02 Å². The maximum absolute atomic E-state index is 12.0. The first-order chi connectivity index (χ1) is 10.9. The Morgan fingerprint density at radius 3 is 2.61 bits per heavy atom. The number of aromatic nitrogens is 1. The number of amides is 1. The first-order valence-corrected chi connectivity index (χ1v) is 8.84. The van der Waals surface area contributed by atoms with Gasteiger partial charge in [0.15, 0.2) is 0 Å². The summed E-state index contributed by atoms with van der Waals surface area (Å²) in [6, 6.07) is 7.60. The van der Waals surface area contributed by atoms with Crippen molar-refractivity contribution in [2.45, 2.75) is 45.7 Å². The predicted molar refractivity (Wildman–Crippen MR) is 96.7 cm³/mol. The maximum Gasteiger partial charge on any atom is 0.220 e. The Balaban J connectivity index is 2.08. The van der Waals surface area contributed by atoms with Crippen LogP contribution in [0.15, 0.2) is 24.3 Å². The van der Waals surface area contributed by atoms with Crippen molar-refractivity contribution in [3.05, 3.63) is 39.9 Å². The summed E-state index contributed by atoms with van der Waals surface area (Å²) >= 11 is 7.52. The number of hydrogen-bond donors (Lipinski definition) is 2. The van der Waals surface area contributed by atoms with Crippen molar-refractivity contribution in [2.24, 2.45) is 5.73 Å². The second-order valence-corrected chi connectivity index (χ2v) is 7.25. The van der Waals surface area contributed by atoms with Gasteiger partial charge >= 0.3 is 0 Å². The molecule has 0 saturated heterocycles. The molecule has 1 heterocycles. The molecule has 1 aromatic heterocycles. The van der Waals surface area contributed by atoms with Gasteiger partial charge in [-0.1, -0.05) is 23.7 Å². The second-order valence-electron chi connectivity index (χ2n) is 5.78. The molecule has 124 valence electrons. The lowest BCUT2D eigenvalue weighted by Gasteiger charge is -2.13. The minimum Gasteiger partial charge on any atom is -0.349 e. The van der Waals surface area contributed by atoms with Crippen molar-refractivity contribution in [1.29, 1.82) is 0 Å². The Morgan fingerprint density at radius 2 is 2.00 bits per heavy atom. The molecule has 1 amide bonds. The molecule has 23 heavy (non-hydrogen) atoms. The number of nitrogens with zero attached hydrogens (tertiary/aromatic N) is 1. The van der Waals surface area contributed by atoms with E-state index < -0.39 is 0 Å². The molecule has 2 atom stereocenters. The normalized spacial score (nSPS) is 13.6. The fraction of sp³-hybridized carbons (Fsp3) is 0.412. The van der Waals surface area contributed by atoms with Crippen LogP contribution in [0, 0.1) is 6.92 Å². The molecule has 0 aliphatic rings. The van der Waals surface area contributed by atoms with E-state index in [2.05, 4.69) is 10.3 Å². The largest absolute Gasteiger partial charge is 0.349 e. The number of nitrogens with two attached hydrogens (primary N) is 1. The molecule has 0 saturated carbocycles. The standard InChI is InChI=1S/C17H22ClN3OS/c1-10(19)4-9-15(22)20-11(2)16-12(3)21-17(23-16)13-5-7-14(18)8-6-13/h5-8,10-11H,4,9,19H2,1-3H3,(H,20,22). The van der Waals surface area contributed by atoms with Gasteiger partial charge in [-0.2, -0.15) is 0 Å². The van der Waals surface area contributed by atoms with Crippen molar-refractivity contribution in [3.63, 3.8) is 0 Å². The van der Waals surface area contributed by atoms with Gasteiger partial charge in [0.1, 0.15) is 5.01 Å². The fourth-order valence-corrected chi connectivity index (χ4v) is 3.46. The third-order valence-electron chi connectivity index (χ3n) is 3.52. The lowest BCUT2D eigenvalue weighted by atomic mass is 10.1. The van der Waals surface area contributed by atoms with E-state index in [0.717, 1.165) is 21.1 Å². The van der Waals surface area contributed by atoms with Crippen LogP contribution in [0.5, 0.6) is 0 Å². The zero-order valence-electron chi connectivity index (χ0n) is 13.6. The Bertz CT molecular complexity index is 667. The van der Waals surface area contributed by atoms with Crippen molar-refractivity contribution >= 4 is 28.8 Å². The van der Waals surface area contributed by atoms with Gasteiger partial charge < -0.3 is 11.1 Å². The molecular weight excluding hydrogens is 330 g/mol. The molecule has 0 fully saturated rings. The van der Waals surface area contributed by atoms with Crippen molar-refractivity contribution in [2.75, 3.05) is 0 Å². The van der Waals surface area contributed by atoms with E-state index in [1.54, 1.807) is 11.3 Å². The average Bonchev–Trinajstić information content (AvgIpc) is 2.88. The van der Waals surface area contributed by atoms with E-state index in [1.165, 1.54) is 0 Å². The van der Waals surface area contributed by atoms with Crippen LogP contribution in [0.4, 0.5) is 0 Å². The topological polar surface area (TPSA) is 68.0 Å². The van der Waals surface area contributed by atoms with Crippen LogP contribution in [0.25, 0.3) is 10.6 Å². The van der Waals surface area contributed by atoms with E-state index in [4.69, 9.17) is 17.3 Å². The lowest BCUT2D eigenvalue weighted by molar-refractivity contribution is -0.121. The number of aryl methyl sites for hydroxylation is 1. The van der Waals surface area contributed by atoms with Gasteiger partial charge in [-0.25, -0.2) is 4.98 Å². The van der Waals surface area contributed by atoms with Gasteiger partial charge in [-0.05, 0) is 39.3 Å². The minimum atomic E-state index is -0.0610. The van der Waals surface area contributed by atoms with Crippen molar-refractivity contribution < 1.29 is 4.79 Å². The van der Waals surface area contributed by atoms with Crippen LogP contribution < -0.4 is 11.1 Å². The summed E-state index contributed by atoms with van der Waals surface area (Å²) in [6.07, 6.45) is 1.14. The number of thiazole rings is 1. The van der Waals surface area contributed by atoms with Gasteiger partial charge in [0.05, 0.1) is 16.6 Å². The number of nitrogens with one attached hydrogen (secondary N) is 1. The highest BCUT2D eigenvalue weighted by molar-refractivity contribution is 7.15. The Morgan fingerprint density at radius 1 is 1.35 bits per heavy atom. The molecule has 0 spiro atoms. The van der Waals surface area contributed by atoms with Crippen LogP contribution in [0.1, 0.15) is 43.3 Å². The van der Waals surface area contributed by atoms with Gasteiger partial charge in [0, 0.05) is 23.0 Å². The predicted octanol–water partition coefficient (Wildman–Crippen LogP) is 4.08. The van der Waals surface area contributed by atoms with Gasteiger partial charge in [-0.3, -0.25) is 4.79 Å². The smallest absolute Gasteiger partial charge is 0.220 e. The van der Waals surface area contributed by atoms with Gasteiger partial charge in [-0.15, -0.1) is 11.3 Å². The molecule has 0 aliphatic heterocycles. The first-order valence-electron chi connectivity index (χ1n) is 7.65. The lowest BCUT2D eigenvalue weighted by Crippen LogP contribution is -2.28. The molecule has 0 radical (unpaired) electrons. The van der Waals surface area contributed by atoms with E-state index in [-0.39, 0.29) is 18.0 Å². The summed E-state index contributed by atoms with van der Waals surface area (Å²) in [4.78, 5) is 17.7. The third-order valence-corrected chi connectivity index (χ3v) is 5.16. The summed E-state index contributed by atoms with van der Waals surface area (Å²) in [7, 11) is 0. The highest BCUT2D eigenvalue weighted by Crippen LogP contribution is 2.32. The summed E-state index contributed by atoms with van der Waals surface area (Å²) in [5, 5.41) is 4.66. The Hall–Kier alpha value is -1.43. The van der Waals surface area contributed by atoms with E-state index in [9.17, 15) is 4.79 Å². The summed E-state index contributed by atoms with van der Waals surface area (Å²) in [5.41, 5.74) is 7.66. The highest BCUT2D eigenvalue weighted by atomic mass is 35.5. The monoisotopic (exact) mass is 351 g/mol. The van der Waals surface area contributed by atoms with E-state index >= 15 is 0 Å². The molecule has 2 rings (SSSR count). The zero-order chi connectivity index (χ0) is 17.0. The van der Waals surface area contributed by atoms with Crippen molar-refractivity contribution in [1.82, 2.24) is 10.3 Å². The van der Waals surface area contributed by atoms with E-state index in [0.29, 0.717) is 17.9 Å². The van der Waals surface area contributed by atoms with E-state index in [1.807, 2.05) is 45.0 Å². The first kappa shape index (κ1) is 17.9. The SMILES string of the molecule is Cc1nc(-c2ccc(Cl)cc2)sc1C(C)NC(=O)CCC(C)N. The quantitative estimate of drug-likeness (QED) is 0.824.